The molecule has 216 valence electrons. The van der Waals surface area contributed by atoms with Gasteiger partial charge < -0.3 is 19.6 Å². The van der Waals surface area contributed by atoms with Gasteiger partial charge in [0.2, 0.25) is 15.9 Å². The van der Waals surface area contributed by atoms with E-state index in [1.54, 1.807) is 37.3 Å². The monoisotopic (exact) mass is 694 g/mol. The molecule has 0 unspecified atom stereocenters. The molecule has 0 aliphatic rings. The van der Waals surface area contributed by atoms with Crippen molar-refractivity contribution >= 4 is 66.6 Å². The van der Waals surface area contributed by atoms with Crippen molar-refractivity contribution in [3.05, 3.63) is 83.9 Å². The molecule has 0 atom stereocenters. The third-order valence-electron chi connectivity index (χ3n) is 6.67. The Kier molecular flexibility index (Phi) is 8.70. The van der Waals surface area contributed by atoms with E-state index in [0.29, 0.717) is 26.1 Å². The molecule has 0 saturated heterocycles. The minimum atomic E-state index is -3.53. The van der Waals surface area contributed by atoms with Crippen molar-refractivity contribution in [2.24, 2.45) is 0 Å². The summed E-state index contributed by atoms with van der Waals surface area (Å²) in [5.74, 6) is -0.867. The molecule has 0 aliphatic heterocycles. The van der Waals surface area contributed by atoms with Crippen LogP contribution >= 0.6 is 22.6 Å². The number of amides is 1. The average molecular weight is 695 g/mol. The number of benzene rings is 2. The number of hydrogen-bond acceptors (Lipinski definition) is 7. The van der Waals surface area contributed by atoms with Crippen LogP contribution in [-0.2, 0) is 21.4 Å². The van der Waals surface area contributed by atoms with Crippen molar-refractivity contribution in [3.8, 4) is 11.1 Å². The lowest BCUT2D eigenvalue weighted by Crippen LogP contribution is -2.33. The molecule has 0 fully saturated rings. The quantitative estimate of drug-likeness (QED) is 0.259. The Morgan fingerprint density at radius 3 is 2.49 bits per heavy atom. The van der Waals surface area contributed by atoms with Crippen molar-refractivity contribution < 1.29 is 22.0 Å². The first-order chi connectivity index (χ1) is 19.2. The van der Waals surface area contributed by atoms with Crippen LogP contribution < -0.4 is 21.8 Å². The Balaban J connectivity index is 2.07. The Morgan fingerprint density at radius 1 is 1.15 bits per heavy atom. The van der Waals surface area contributed by atoms with Crippen LogP contribution in [0.4, 0.5) is 21.5 Å². The number of fused-ring (bicyclic) bond motifs is 1. The number of sulfonamides is 1. The summed E-state index contributed by atoms with van der Waals surface area (Å²) in [6.07, 6.45) is 1.07. The molecule has 1 amide bonds. The Bertz CT molecular complexity index is 1920. The lowest BCUT2D eigenvalue weighted by atomic mass is 9.99. The normalized spacial score (nSPS) is 11.7. The number of rotatable bonds is 8. The maximum atomic E-state index is 14.9. The van der Waals surface area contributed by atoms with Crippen molar-refractivity contribution in [3.63, 3.8) is 0 Å². The maximum Gasteiger partial charge on any atom is 0.341 e. The Morgan fingerprint density at radius 2 is 1.85 bits per heavy atom. The van der Waals surface area contributed by atoms with Gasteiger partial charge in [-0.1, -0.05) is 12.1 Å². The first-order valence-electron chi connectivity index (χ1n) is 12.4. The van der Waals surface area contributed by atoms with E-state index in [-0.39, 0.29) is 46.9 Å². The Labute approximate surface area is 249 Å². The molecule has 2 aromatic heterocycles. The zero-order chi connectivity index (χ0) is 30.2. The zero-order valence-corrected chi connectivity index (χ0v) is 25.9. The molecule has 41 heavy (non-hydrogen) atoms. The maximum absolute atomic E-state index is 14.9. The number of anilines is 3. The number of carbonyl (C=O) groups is 1. The predicted molar refractivity (Wildman–Crippen MR) is 166 cm³/mol. The summed E-state index contributed by atoms with van der Waals surface area (Å²) in [6.45, 7) is 4.47. The molecule has 10 nitrogen and oxygen atoms in total. The van der Waals surface area contributed by atoms with Crippen LogP contribution in [0.3, 0.4) is 0 Å². The fourth-order valence-corrected chi connectivity index (χ4v) is 5.31. The molecule has 0 aliphatic carbocycles. The summed E-state index contributed by atoms with van der Waals surface area (Å²) in [4.78, 5) is 38.8. The first-order valence-corrected chi connectivity index (χ1v) is 15.3. The van der Waals surface area contributed by atoms with Crippen LogP contribution in [0, 0.1) is 23.2 Å². The molecule has 4 aromatic rings. The summed E-state index contributed by atoms with van der Waals surface area (Å²) < 4.78 is 47.9. The smallest absolute Gasteiger partial charge is 0.341 e. The molecule has 4 rings (SSSR count). The molecule has 2 heterocycles. The first kappa shape index (κ1) is 30.4. The number of nitrogens with one attached hydrogen (secondary N) is 2. The third-order valence-corrected chi connectivity index (χ3v) is 8.66. The predicted octanol–water partition coefficient (Wildman–Crippen LogP) is 4.58. The fourth-order valence-electron chi connectivity index (χ4n) is 4.44. The van der Waals surface area contributed by atoms with Crippen LogP contribution in [-0.4, -0.2) is 43.0 Å². The van der Waals surface area contributed by atoms with E-state index in [0.717, 1.165) is 10.6 Å². The van der Waals surface area contributed by atoms with Crippen molar-refractivity contribution in [2.45, 2.75) is 27.3 Å². The highest BCUT2D eigenvalue weighted by Crippen LogP contribution is 2.36. The van der Waals surface area contributed by atoms with Gasteiger partial charge in [-0.25, -0.2) is 21.9 Å². The average Bonchev–Trinajstić information content (AvgIpc) is 2.87. The number of halogens is 2. The van der Waals surface area contributed by atoms with Gasteiger partial charge in [0, 0.05) is 47.6 Å². The topological polar surface area (TPSA) is 131 Å². The number of aromatic nitrogens is 1. The lowest BCUT2D eigenvalue weighted by molar-refractivity contribution is -0.114. The summed E-state index contributed by atoms with van der Waals surface area (Å²) in [5.41, 5.74) is 0.690. The van der Waals surface area contributed by atoms with Gasteiger partial charge >= 0.3 is 5.63 Å². The highest BCUT2D eigenvalue weighted by molar-refractivity contribution is 14.1. The molecular weight excluding hydrogens is 666 g/mol. The fraction of sp³-hybridized carbons (Fsp3) is 0.250. The minimum Gasteiger partial charge on any atom is -0.421 e. The standard InChI is InChI=1S/C28H28FIN4O6S/c1-15-25(32-22-10-9-19(30)14-21(22)29)24-26(40-28(15)37)23(18-7-6-8-20(13-18)31-17(3)35)16(2)34(27(24)36)12-11-33(4)41(5,38)39/h6-10,13-14,32H,11-12H2,1-5H3,(H,31,35). The molecule has 0 spiro atoms. The van der Waals surface area contributed by atoms with E-state index in [4.69, 9.17) is 4.42 Å². The summed E-state index contributed by atoms with van der Waals surface area (Å²) in [5, 5.41) is 5.64. The van der Waals surface area contributed by atoms with E-state index in [1.807, 2.05) is 22.6 Å². The highest BCUT2D eigenvalue weighted by Gasteiger charge is 2.24. The SMILES string of the molecule is CC(=O)Nc1cccc(-c2c(C)n(CCN(C)S(C)(=O)=O)c(=O)c3c(Nc4ccc(I)cc4F)c(C)c(=O)oc23)c1. The van der Waals surface area contributed by atoms with Crippen LogP contribution in [0.15, 0.2) is 56.5 Å². The van der Waals surface area contributed by atoms with E-state index in [9.17, 15) is 27.2 Å². The molecule has 0 radical (unpaired) electrons. The van der Waals surface area contributed by atoms with Gasteiger partial charge in [0.25, 0.3) is 5.56 Å². The van der Waals surface area contributed by atoms with Gasteiger partial charge in [0.1, 0.15) is 11.2 Å². The van der Waals surface area contributed by atoms with Crippen LogP contribution in [0.25, 0.3) is 22.1 Å². The largest absolute Gasteiger partial charge is 0.421 e. The number of nitrogens with zero attached hydrogens (tertiary/aromatic N) is 2. The van der Waals surface area contributed by atoms with Gasteiger partial charge in [-0.15, -0.1) is 0 Å². The molecule has 0 bridgehead atoms. The second-order valence-corrected chi connectivity index (χ2v) is 12.9. The van der Waals surface area contributed by atoms with Crippen molar-refractivity contribution in [1.82, 2.24) is 8.87 Å². The number of hydrogen-bond donors (Lipinski definition) is 2. The molecule has 0 saturated carbocycles. The summed E-state index contributed by atoms with van der Waals surface area (Å²) in [7, 11) is -2.12. The van der Waals surface area contributed by atoms with Crippen molar-refractivity contribution in [1.29, 1.82) is 0 Å². The van der Waals surface area contributed by atoms with Crippen LogP contribution in [0.2, 0.25) is 0 Å². The third kappa shape index (κ3) is 6.36. The minimum absolute atomic E-state index is 0.00686. The molecular formula is C28H28FIN4O6S. The summed E-state index contributed by atoms with van der Waals surface area (Å²) >= 11 is 1.97. The van der Waals surface area contributed by atoms with E-state index in [2.05, 4.69) is 10.6 Å². The number of pyridine rings is 1. The second kappa shape index (κ2) is 11.7. The van der Waals surface area contributed by atoms with E-state index >= 15 is 0 Å². The molecule has 2 aromatic carbocycles. The lowest BCUT2D eigenvalue weighted by Gasteiger charge is -2.21. The van der Waals surface area contributed by atoms with Gasteiger partial charge in [-0.3, -0.25) is 9.59 Å². The van der Waals surface area contributed by atoms with Crippen LogP contribution in [0.1, 0.15) is 18.2 Å². The molecule has 13 heteroatoms. The molecule has 2 N–H and O–H groups in total. The zero-order valence-electron chi connectivity index (χ0n) is 23.0. The highest BCUT2D eigenvalue weighted by atomic mass is 127. The van der Waals surface area contributed by atoms with E-state index in [1.165, 1.54) is 37.6 Å². The number of likely N-dealkylation sites (N-methyl/N-ethyl adjacent to an activating group) is 1. The van der Waals surface area contributed by atoms with Gasteiger partial charge in [0.15, 0.2) is 5.58 Å². The Hall–Kier alpha value is -3.56. The van der Waals surface area contributed by atoms with Crippen LogP contribution in [0.5, 0.6) is 0 Å². The van der Waals surface area contributed by atoms with Crippen molar-refractivity contribution in [2.75, 3.05) is 30.5 Å². The number of carbonyl (C=O) groups excluding carboxylic acids is 1. The second-order valence-electron chi connectivity index (χ2n) is 9.61. The van der Waals surface area contributed by atoms with E-state index < -0.39 is 27.0 Å². The summed E-state index contributed by atoms with van der Waals surface area (Å²) in [6, 6.07) is 11.3. The van der Waals surface area contributed by atoms with Gasteiger partial charge in [-0.05, 0) is 72.3 Å². The van der Waals surface area contributed by atoms with Gasteiger partial charge in [-0.2, -0.15) is 0 Å². The van der Waals surface area contributed by atoms with Gasteiger partial charge in [0.05, 0.1) is 23.2 Å².